The summed E-state index contributed by atoms with van der Waals surface area (Å²) < 4.78 is 8.88. The molecule has 0 amide bonds. The smallest absolute Gasteiger partial charge is 0.151 e. The Kier molecular flexibility index (Phi) is 7.76. The van der Waals surface area contributed by atoms with Gasteiger partial charge in [-0.3, -0.25) is 0 Å². The fraction of sp³-hybridized carbons (Fsp3) is 0. The summed E-state index contributed by atoms with van der Waals surface area (Å²) in [6.45, 7) is 0. The second kappa shape index (κ2) is 13.5. The normalized spacial score (nSPS) is 12.8. The highest BCUT2D eigenvalue weighted by Gasteiger charge is 2.31. The zero-order valence-electron chi connectivity index (χ0n) is 30.7. The lowest BCUT2D eigenvalue weighted by atomic mass is 9.95. The fourth-order valence-corrected chi connectivity index (χ4v) is 11.1. The predicted molar refractivity (Wildman–Crippen MR) is 243 cm³/mol. The number of para-hydroxylation sites is 8. The number of ether oxygens (including phenoxy) is 1. The van der Waals surface area contributed by atoms with Crippen molar-refractivity contribution in [2.45, 2.75) is 9.79 Å². The van der Waals surface area contributed by atoms with Crippen LogP contribution < -0.4 is 14.5 Å². The van der Waals surface area contributed by atoms with Crippen LogP contribution in [0.5, 0.6) is 11.5 Å². The molecule has 2 aliphatic heterocycles. The van der Waals surface area contributed by atoms with Crippen LogP contribution in [0.15, 0.2) is 192 Å². The Morgan fingerprint density at radius 1 is 0.379 bits per heavy atom. The molecule has 0 N–H and O–H groups in total. The maximum absolute atomic E-state index is 6.55. The lowest BCUT2D eigenvalue weighted by Crippen LogP contribution is -2.18. The van der Waals surface area contributed by atoms with E-state index in [1.165, 1.54) is 19.2 Å². The molecule has 8 heteroatoms. The summed E-state index contributed by atoms with van der Waals surface area (Å²) in [4.78, 5) is 17.5. The highest BCUT2D eigenvalue weighted by Crippen LogP contribution is 2.57. The van der Waals surface area contributed by atoms with Crippen molar-refractivity contribution in [2.24, 2.45) is 0 Å². The third-order valence-corrected chi connectivity index (χ3v) is 14.0. The van der Waals surface area contributed by atoms with Gasteiger partial charge in [0.15, 0.2) is 11.5 Å². The van der Waals surface area contributed by atoms with Crippen molar-refractivity contribution in [1.29, 1.82) is 0 Å². The van der Waals surface area contributed by atoms with Crippen molar-refractivity contribution < 1.29 is 4.74 Å². The summed E-state index contributed by atoms with van der Waals surface area (Å²) in [6, 6.07) is 64.5. The van der Waals surface area contributed by atoms with E-state index in [0.29, 0.717) is 0 Å². The number of hydrogen-bond acceptors (Lipinski definition) is 8. The standard InChI is InChI=1S/C50H30N4OS3/c1-9-21-45-35(13-1)51-49(57-45)31-25-27-33(41(29-31)53-37-15-3-7-19-43(37)55-44-20-8-4-16-38(44)53)34-28-26-32(50-52-36-14-2-10-22-46(36)58-50)30-42(34)54-39-17-5-11-23-47(39)56-48-24-12-6-18-40(48)54/h1-30H. The summed E-state index contributed by atoms with van der Waals surface area (Å²) in [5, 5.41) is 1.97. The van der Waals surface area contributed by atoms with Crippen LogP contribution in [0.3, 0.4) is 0 Å². The Bertz CT molecular complexity index is 2870. The van der Waals surface area contributed by atoms with Crippen molar-refractivity contribution in [1.82, 2.24) is 9.97 Å². The number of hydrogen-bond donors (Lipinski definition) is 0. The van der Waals surface area contributed by atoms with E-state index in [2.05, 4.69) is 168 Å². The number of fused-ring (bicyclic) bond motifs is 6. The molecule has 2 aromatic heterocycles. The summed E-state index contributed by atoms with van der Waals surface area (Å²) >= 11 is 5.27. The molecular weight excluding hydrogens is 769 g/mol. The van der Waals surface area contributed by atoms with E-state index in [-0.39, 0.29) is 0 Å². The van der Waals surface area contributed by atoms with Crippen LogP contribution >= 0.6 is 34.4 Å². The molecule has 12 rings (SSSR count). The quantitative estimate of drug-likeness (QED) is 0.173. The Hall–Kier alpha value is -6.71. The molecule has 0 unspecified atom stereocenters. The number of benzene rings is 8. The lowest BCUT2D eigenvalue weighted by molar-refractivity contribution is 0.477. The molecule has 0 atom stereocenters. The molecule has 0 radical (unpaired) electrons. The van der Waals surface area contributed by atoms with Crippen LogP contribution in [0.1, 0.15) is 0 Å². The molecule has 4 heterocycles. The molecule has 0 saturated heterocycles. The van der Waals surface area contributed by atoms with E-state index in [4.69, 9.17) is 14.7 Å². The van der Waals surface area contributed by atoms with Crippen LogP contribution in [0.4, 0.5) is 34.1 Å². The summed E-state index contributed by atoms with van der Waals surface area (Å²) in [5.74, 6) is 1.61. The van der Waals surface area contributed by atoms with Gasteiger partial charge < -0.3 is 14.5 Å². The van der Waals surface area contributed by atoms with Gasteiger partial charge in [-0.2, -0.15) is 0 Å². The van der Waals surface area contributed by atoms with E-state index in [9.17, 15) is 0 Å². The highest BCUT2D eigenvalue weighted by atomic mass is 32.2. The van der Waals surface area contributed by atoms with Crippen LogP contribution in [-0.4, -0.2) is 9.97 Å². The minimum Gasteiger partial charge on any atom is -0.453 e. The first-order chi connectivity index (χ1) is 28.7. The van der Waals surface area contributed by atoms with Gasteiger partial charge in [-0.15, -0.1) is 22.7 Å². The maximum Gasteiger partial charge on any atom is 0.151 e. The number of nitrogens with zero attached hydrogens (tertiary/aromatic N) is 4. The van der Waals surface area contributed by atoms with Crippen molar-refractivity contribution >= 4 is 89.0 Å². The van der Waals surface area contributed by atoms with Crippen molar-refractivity contribution in [3.63, 3.8) is 0 Å². The third kappa shape index (κ3) is 5.45. The second-order valence-corrected chi connectivity index (χ2v) is 17.3. The van der Waals surface area contributed by atoms with Crippen LogP contribution in [0.25, 0.3) is 52.7 Å². The van der Waals surface area contributed by atoms with Gasteiger partial charge in [0.05, 0.1) is 54.6 Å². The molecule has 0 fully saturated rings. The first kappa shape index (κ1) is 33.4. The zero-order valence-corrected chi connectivity index (χ0v) is 33.2. The van der Waals surface area contributed by atoms with Gasteiger partial charge >= 0.3 is 0 Å². The largest absolute Gasteiger partial charge is 0.453 e. The number of aromatic nitrogens is 2. The molecule has 5 nitrogen and oxygen atoms in total. The van der Waals surface area contributed by atoms with Gasteiger partial charge in [0.25, 0.3) is 0 Å². The average Bonchev–Trinajstić information content (AvgIpc) is 3.92. The van der Waals surface area contributed by atoms with E-state index in [1.807, 2.05) is 36.0 Å². The maximum atomic E-state index is 6.55. The monoisotopic (exact) mass is 798 g/mol. The Morgan fingerprint density at radius 2 is 0.793 bits per heavy atom. The van der Waals surface area contributed by atoms with E-state index in [0.717, 1.165) is 88.9 Å². The Balaban J connectivity index is 1.15. The zero-order chi connectivity index (χ0) is 38.2. The van der Waals surface area contributed by atoms with Crippen LogP contribution in [-0.2, 0) is 0 Å². The molecule has 0 spiro atoms. The summed E-state index contributed by atoms with van der Waals surface area (Å²) in [7, 11) is 0. The molecular formula is C50H30N4OS3. The average molecular weight is 799 g/mol. The van der Waals surface area contributed by atoms with Crippen molar-refractivity contribution in [2.75, 3.05) is 9.80 Å². The van der Waals surface area contributed by atoms with Crippen molar-refractivity contribution in [3.05, 3.63) is 182 Å². The van der Waals surface area contributed by atoms with Gasteiger partial charge in [0.1, 0.15) is 10.0 Å². The molecule has 274 valence electrons. The second-order valence-electron chi connectivity index (χ2n) is 14.2. The summed E-state index contributed by atoms with van der Waals surface area (Å²) in [6.07, 6.45) is 0. The minimum absolute atomic E-state index is 0.805. The molecule has 8 aromatic carbocycles. The SMILES string of the molecule is c1ccc2c(c1)Oc1ccccc1N2c1cc(-c2nc3ccccc3s2)ccc1-c1ccc(-c2nc3ccccc3s2)cc1N1c2ccccc2Sc2ccccc21. The van der Waals surface area contributed by atoms with Gasteiger partial charge in [0.2, 0.25) is 0 Å². The van der Waals surface area contributed by atoms with Gasteiger partial charge in [-0.05, 0) is 84.9 Å². The van der Waals surface area contributed by atoms with E-state index in [1.54, 1.807) is 22.7 Å². The first-order valence-corrected chi connectivity index (χ1v) is 21.5. The number of thiazole rings is 2. The number of anilines is 6. The Labute approximate surface area is 347 Å². The van der Waals surface area contributed by atoms with Gasteiger partial charge in [-0.25, -0.2) is 9.97 Å². The van der Waals surface area contributed by atoms with E-state index < -0.39 is 0 Å². The number of rotatable bonds is 5. The lowest BCUT2D eigenvalue weighted by Gasteiger charge is -2.36. The third-order valence-electron chi connectivity index (χ3n) is 10.7. The van der Waals surface area contributed by atoms with Crippen LogP contribution in [0, 0.1) is 0 Å². The van der Waals surface area contributed by atoms with Gasteiger partial charge in [0, 0.05) is 32.0 Å². The topological polar surface area (TPSA) is 41.5 Å². The molecule has 0 bridgehead atoms. The van der Waals surface area contributed by atoms with Gasteiger partial charge in [-0.1, -0.05) is 109 Å². The minimum atomic E-state index is 0.805. The predicted octanol–water partition coefficient (Wildman–Crippen LogP) is 15.4. The molecule has 0 saturated carbocycles. The molecule has 10 aromatic rings. The molecule has 0 aliphatic carbocycles. The summed E-state index contributed by atoms with van der Waals surface area (Å²) in [5.41, 5.74) is 12.6. The van der Waals surface area contributed by atoms with Crippen molar-refractivity contribution in [3.8, 4) is 43.8 Å². The first-order valence-electron chi connectivity index (χ1n) is 19.1. The van der Waals surface area contributed by atoms with E-state index >= 15 is 0 Å². The fourth-order valence-electron chi connectivity index (χ4n) is 8.07. The van der Waals surface area contributed by atoms with Crippen LogP contribution in [0.2, 0.25) is 0 Å². The highest BCUT2D eigenvalue weighted by molar-refractivity contribution is 7.99. The Morgan fingerprint density at radius 3 is 1.29 bits per heavy atom. The molecule has 2 aliphatic rings. The molecule has 58 heavy (non-hydrogen) atoms.